The van der Waals surface area contributed by atoms with Crippen LogP contribution < -0.4 is 10.6 Å². The van der Waals surface area contributed by atoms with Gasteiger partial charge in [-0.2, -0.15) is 5.26 Å². The maximum atomic E-state index is 8.65. The molecule has 1 saturated carbocycles. The van der Waals surface area contributed by atoms with E-state index in [-0.39, 0.29) is 0 Å². The molecule has 0 spiro atoms. The summed E-state index contributed by atoms with van der Waals surface area (Å²) in [4.78, 5) is 8.24. The second kappa shape index (κ2) is 5.60. The zero-order chi connectivity index (χ0) is 12.1. The maximum absolute atomic E-state index is 8.65. The molecule has 5 nitrogen and oxygen atoms in total. The molecule has 0 bridgehead atoms. The van der Waals surface area contributed by atoms with Crippen LogP contribution in [0.5, 0.6) is 0 Å². The van der Waals surface area contributed by atoms with Crippen LogP contribution in [0.2, 0.25) is 0 Å². The van der Waals surface area contributed by atoms with Crippen LogP contribution in [0.25, 0.3) is 0 Å². The summed E-state index contributed by atoms with van der Waals surface area (Å²) < 4.78 is 0. The highest BCUT2D eigenvalue weighted by Gasteiger charge is 2.20. The largest absolute Gasteiger partial charge is 0.351 e. The number of hydrogen-bond donors (Lipinski definition) is 2. The number of hydrogen-bond acceptors (Lipinski definition) is 5. The molecule has 1 aliphatic carbocycles. The fourth-order valence-corrected chi connectivity index (χ4v) is 2.17. The topological polar surface area (TPSA) is 73.6 Å². The number of anilines is 1. The predicted octanol–water partition coefficient (Wildman–Crippen LogP) is 1.29. The minimum atomic E-state index is 0.451. The third kappa shape index (κ3) is 3.14. The molecule has 17 heavy (non-hydrogen) atoms. The average Bonchev–Trinajstić information content (AvgIpc) is 2.40. The third-order valence-electron chi connectivity index (χ3n) is 3.25. The van der Waals surface area contributed by atoms with Crippen LogP contribution in [0.1, 0.15) is 31.2 Å². The standard InChI is InChI=1S/C12H17N5/c1-14-10-2-4-11(5-3-10)17-12-15-7-9(6-13)8-16-12/h7-8,10-11,14H,2-5H2,1H3,(H,15,16,17). The highest BCUT2D eigenvalue weighted by atomic mass is 15.1. The van der Waals surface area contributed by atoms with Crippen LogP contribution in [-0.2, 0) is 0 Å². The quantitative estimate of drug-likeness (QED) is 0.820. The highest BCUT2D eigenvalue weighted by Crippen LogP contribution is 2.20. The summed E-state index contributed by atoms with van der Waals surface area (Å²) in [7, 11) is 2.02. The van der Waals surface area contributed by atoms with Gasteiger partial charge in [-0.3, -0.25) is 0 Å². The minimum Gasteiger partial charge on any atom is -0.351 e. The zero-order valence-electron chi connectivity index (χ0n) is 9.98. The Morgan fingerprint density at radius 3 is 2.29 bits per heavy atom. The van der Waals surface area contributed by atoms with Gasteiger partial charge in [0.15, 0.2) is 0 Å². The molecule has 0 amide bonds. The van der Waals surface area contributed by atoms with E-state index in [2.05, 4.69) is 20.6 Å². The summed E-state index contributed by atoms with van der Waals surface area (Å²) >= 11 is 0. The molecule has 0 atom stereocenters. The van der Waals surface area contributed by atoms with Crippen molar-refractivity contribution in [3.8, 4) is 6.07 Å². The van der Waals surface area contributed by atoms with E-state index < -0.39 is 0 Å². The first-order valence-electron chi connectivity index (χ1n) is 5.97. The number of nitrogens with one attached hydrogen (secondary N) is 2. The molecule has 90 valence electrons. The van der Waals surface area contributed by atoms with Crippen LogP contribution >= 0.6 is 0 Å². The molecule has 1 heterocycles. The first-order chi connectivity index (χ1) is 8.31. The minimum absolute atomic E-state index is 0.451. The van der Waals surface area contributed by atoms with Crippen molar-refractivity contribution in [3.05, 3.63) is 18.0 Å². The van der Waals surface area contributed by atoms with Gasteiger partial charge in [-0.15, -0.1) is 0 Å². The van der Waals surface area contributed by atoms with Gasteiger partial charge in [-0.25, -0.2) is 9.97 Å². The van der Waals surface area contributed by atoms with Crippen molar-refractivity contribution in [3.63, 3.8) is 0 Å². The van der Waals surface area contributed by atoms with E-state index in [1.54, 1.807) is 12.4 Å². The van der Waals surface area contributed by atoms with Crippen molar-refractivity contribution >= 4 is 5.95 Å². The lowest BCUT2D eigenvalue weighted by Gasteiger charge is -2.28. The second-order valence-corrected chi connectivity index (χ2v) is 4.39. The summed E-state index contributed by atoms with van der Waals surface area (Å²) in [6, 6.07) is 3.11. The van der Waals surface area contributed by atoms with Crippen molar-refractivity contribution in [2.45, 2.75) is 37.8 Å². The van der Waals surface area contributed by atoms with Crippen molar-refractivity contribution < 1.29 is 0 Å². The van der Waals surface area contributed by atoms with E-state index in [9.17, 15) is 0 Å². The Balaban J connectivity index is 1.87. The second-order valence-electron chi connectivity index (χ2n) is 4.39. The average molecular weight is 231 g/mol. The molecule has 0 aliphatic heterocycles. The molecule has 1 aromatic rings. The number of rotatable bonds is 3. The Morgan fingerprint density at radius 1 is 1.18 bits per heavy atom. The molecule has 1 aliphatic rings. The molecule has 1 aromatic heterocycles. The Kier molecular flexibility index (Phi) is 3.89. The van der Waals surface area contributed by atoms with Gasteiger partial charge in [0.2, 0.25) is 5.95 Å². The van der Waals surface area contributed by atoms with E-state index in [0.29, 0.717) is 23.6 Å². The van der Waals surface area contributed by atoms with Crippen molar-refractivity contribution in [2.75, 3.05) is 12.4 Å². The summed E-state index contributed by atoms with van der Waals surface area (Å²) in [6.45, 7) is 0. The summed E-state index contributed by atoms with van der Waals surface area (Å²) in [5, 5.41) is 15.3. The van der Waals surface area contributed by atoms with Gasteiger partial charge in [0.25, 0.3) is 0 Å². The summed E-state index contributed by atoms with van der Waals surface area (Å²) in [5.41, 5.74) is 0.495. The molecular weight excluding hydrogens is 214 g/mol. The van der Waals surface area contributed by atoms with E-state index in [4.69, 9.17) is 5.26 Å². The van der Waals surface area contributed by atoms with Gasteiger partial charge in [0.05, 0.1) is 18.0 Å². The summed E-state index contributed by atoms with van der Waals surface area (Å²) in [5.74, 6) is 0.622. The number of nitriles is 1. The van der Waals surface area contributed by atoms with Gasteiger partial charge in [0.1, 0.15) is 6.07 Å². The zero-order valence-corrected chi connectivity index (χ0v) is 9.98. The van der Waals surface area contributed by atoms with Crippen molar-refractivity contribution in [1.82, 2.24) is 15.3 Å². The van der Waals surface area contributed by atoms with E-state index in [1.165, 1.54) is 12.8 Å². The van der Waals surface area contributed by atoms with Gasteiger partial charge in [-0.1, -0.05) is 0 Å². The smallest absolute Gasteiger partial charge is 0.222 e. The van der Waals surface area contributed by atoms with Gasteiger partial charge in [0, 0.05) is 12.1 Å². The molecule has 0 saturated heterocycles. The lowest BCUT2D eigenvalue weighted by Crippen LogP contribution is -2.35. The monoisotopic (exact) mass is 231 g/mol. The maximum Gasteiger partial charge on any atom is 0.222 e. The molecule has 0 aromatic carbocycles. The molecule has 2 rings (SSSR count). The predicted molar refractivity (Wildman–Crippen MR) is 65.5 cm³/mol. The Bertz CT molecular complexity index is 386. The Hall–Kier alpha value is -1.67. The third-order valence-corrected chi connectivity index (χ3v) is 3.25. The highest BCUT2D eigenvalue weighted by molar-refractivity contribution is 5.30. The van der Waals surface area contributed by atoms with Crippen LogP contribution in [-0.4, -0.2) is 29.1 Å². The fourth-order valence-electron chi connectivity index (χ4n) is 2.17. The van der Waals surface area contributed by atoms with Gasteiger partial charge >= 0.3 is 0 Å². The fraction of sp³-hybridized carbons (Fsp3) is 0.583. The van der Waals surface area contributed by atoms with Crippen molar-refractivity contribution in [2.24, 2.45) is 0 Å². The van der Waals surface area contributed by atoms with Crippen molar-refractivity contribution in [1.29, 1.82) is 5.26 Å². The number of aromatic nitrogens is 2. The normalized spacial score (nSPS) is 24.0. The first-order valence-corrected chi connectivity index (χ1v) is 5.97. The van der Waals surface area contributed by atoms with Crippen LogP contribution in [0.4, 0.5) is 5.95 Å². The molecule has 0 unspecified atom stereocenters. The molecule has 2 N–H and O–H groups in total. The summed E-state index contributed by atoms with van der Waals surface area (Å²) in [6.07, 6.45) is 7.74. The van der Waals surface area contributed by atoms with Crippen LogP contribution in [0, 0.1) is 11.3 Å². The molecule has 1 fully saturated rings. The van der Waals surface area contributed by atoms with E-state index in [1.807, 2.05) is 13.1 Å². The lowest BCUT2D eigenvalue weighted by atomic mass is 9.91. The Morgan fingerprint density at radius 2 is 1.76 bits per heavy atom. The molecule has 5 heteroatoms. The SMILES string of the molecule is CNC1CCC(Nc2ncc(C#N)cn2)CC1. The van der Waals surface area contributed by atoms with E-state index in [0.717, 1.165) is 12.8 Å². The van der Waals surface area contributed by atoms with Crippen LogP contribution in [0.15, 0.2) is 12.4 Å². The Labute approximate surface area is 101 Å². The molecule has 0 radical (unpaired) electrons. The lowest BCUT2D eigenvalue weighted by molar-refractivity contribution is 0.370. The number of nitrogens with zero attached hydrogens (tertiary/aromatic N) is 3. The first kappa shape index (κ1) is 11.8. The van der Waals surface area contributed by atoms with Crippen LogP contribution in [0.3, 0.4) is 0 Å². The van der Waals surface area contributed by atoms with E-state index >= 15 is 0 Å². The van der Waals surface area contributed by atoms with Gasteiger partial charge in [-0.05, 0) is 32.7 Å². The van der Waals surface area contributed by atoms with Gasteiger partial charge < -0.3 is 10.6 Å². The molecular formula is C12H17N5.